The maximum absolute atomic E-state index is 13.7. The van der Waals surface area contributed by atoms with E-state index in [-0.39, 0.29) is 11.4 Å². The van der Waals surface area contributed by atoms with Crippen LogP contribution in [-0.2, 0) is 0 Å². The van der Waals surface area contributed by atoms with Gasteiger partial charge in [0.25, 0.3) is 0 Å². The highest BCUT2D eigenvalue weighted by molar-refractivity contribution is 5.82. The number of alkyl halides is 3. The molecule has 0 N–H and O–H groups in total. The van der Waals surface area contributed by atoms with Crippen molar-refractivity contribution in [3.05, 3.63) is 84.9 Å². The predicted octanol–water partition coefficient (Wildman–Crippen LogP) is 6.01. The van der Waals surface area contributed by atoms with E-state index in [1.165, 1.54) is 18.2 Å². The minimum absolute atomic E-state index is 0.0865. The van der Waals surface area contributed by atoms with Crippen LogP contribution in [0.25, 0.3) is 11.1 Å². The first-order chi connectivity index (χ1) is 11.1. The van der Waals surface area contributed by atoms with Gasteiger partial charge in [-0.25, -0.2) is 0 Å². The molecule has 0 aliphatic heterocycles. The topological polar surface area (TPSA) is 3.24 Å². The highest BCUT2D eigenvalue weighted by Gasteiger charge is 2.39. The van der Waals surface area contributed by atoms with Gasteiger partial charge in [0.2, 0.25) is 0 Å². The van der Waals surface area contributed by atoms with Crippen molar-refractivity contribution >= 4 is 11.4 Å². The Morgan fingerprint density at radius 1 is 0.609 bits per heavy atom. The first-order valence-electron chi connectivity index (χ1n) is 7.14. The monoisotopic (exact) mass is 313 g/mol. The van der Waals surface area contributed by atoms with Crippen LogP contribution >= 0.6 is 0 Å². The number of para-hydroxylation sites is 2. The molecule has 0 bridgehead atoms. The predicted molar refractivity (Wildman–Crippen MR) is 86.5 cm³/mol. The van der Waals surface area contributed by atoms with E-state index in [0.717, 1.165) is 5.56 Å². The zero-order chi connectivity index (χ0) is 16.3. The van der Waals surface area contributed by atoms with Gasteiger partial charge >= 0.3 is 6.30 Å². The molecule has 0 aromatic heterocycles. The summed E-state index contributed by atoms with van der Waals surface area (Å²) in [6, 6.07) is 23.4. The molecule has 0 fully saturated rings. The van der Waals surface area contributed by atoms with E-state index >= 15 is 0 Å². The van der Waals surface area contributed by atoms with Crippen LogP contribution in [0.5, 0.6) is 0 Å². The first-order valence-corrected chi connectivity index (χ1v) is 7.14. The standard InChI is InChI=1S/C19H14F3N/c20-19(21,22)23(16-11-5-2-6-12-16)18-14-8-7-13-17(18)15-9-3-1-4-10-15/h1-14H. The molecule has 0 aliphatic rings. The highest BCUT2D eigenvalue weighted by atomic mass is 19.4. The quantitative estimate of drug-likeness (QED) is 0.535. The molecule has 3 aromatic rings. The molecule has 0 saturated heterocycles. The van der Waals surface area contributed by atoms with Gasteiger partial charge in [-0.15, -0.1) is 13.2 Å². The molecule has 0 saturated carbocycles. The Hall–Kier alpha value is -2.75. The molecule has 1 nitrogen and oxygen atoms in total. The summed E-state index contributed by atoms with van der Waals surface area (Å²) in [5, 5.41) is 0. The fraction of sp³-hybridized carbons (Fsp3) is 0.0526. The lowest BCUT2D eigenvalue weighted by atomic mass is 10.0. The van der Waals surface area contributed by atoms with Crippen LogP contribution in [0.4, 0.5) is 24.5 Å². The Bertz CT molecular complexity index is 767. The van der Waals surface area contributed by atoms with E-state index in [1.807, 2.05) is 18.2 Å². The molecular formula is C19H14F3N. The summed E-state index contributed by atoms with van der Waals surface area (Å²) in [6.45, 7) is 0. The van der Waals surface area contributed by atoms with Gasteiger partial charge in [0.05, 0.1) is 5.69 Å². The zero-order valence-corrected chi connectivity index (χ0v) is 12.2. The third kappa shape index (κ3) is 3.21. The molecule has 0 amide bonds. The molecule has 3 rings (SSSR count). The van der Waals surface area contributed by atoms with Crippen LogP contribution in [-0.4, -0.2) is 6.30 Å². The van der Waals surface area contributed by atoms with Crippen LogP contribution in [0.2, 0.25) is 0 Å². The van der Waals surface area contributed by atoms with Crippen LogP contribution < -0.4 is 4.90 Å². The second kappa shape index (κ2) is 6.16. The van der Waals surface area contributed by atoms with E-state index in [1.54, 1.807) is 48.5 Å². The van der Waals surface area contributed by atoms with E-state index in [4.69, 9.17) is 0 Å². The van der Waals surface area contributed by atoms with Crippen molar-refractivity contribution in [1.82, 2.24) is 0 Å². The van der Waals surface area contributed by atoms with Crippen molar-refractivity contribution in [3.8, 4) is 11.1 Å². The van der Waals surface area contributed by atoms with E-state index in [9.17, 15) is 13.2 Å². The number of rotatable bonds is 3. The molecule has 0 heterocycles. The first kappa shape index (κ1) is 15.2. The Labute approximate surface area is 132 Å². The van der Waals surface area contributed by atoms with Gasteiger partial charge in [-0.3, -0.25) is 4.90 Å². The Morgan fingerprint density at radius 2 is 1.13 bits per heavy atom. The lowest BCUT2D eigenvalue weighted by Crippen LogP contribution is -2.34. The number of nitrogens with zero attached hydrogens (tertiary/aromatic N) is 1. The molecule has 0 spiro atoms. The summed E-state index contributed by atoms with van der Waals surface area (Å²) < 4.78 is 41.1. The summed E-state index contributed by atoms with van der Waals surface area (Å²) in [5.74, 6) is 0. The molecule has 23 heavy (non-hydrogen) atoms. The average molecular weight is 313 g/mol. The van der Waals surface area contributed by atoms with Gasteiger partial charge in [-0.2, -0.15) is 0 Å². The van der Waals surface area contributed by atoms with E-state index in [2.05, 4.69) is 0 Å². The largest absolute Gasteiger partial charge is 0.489 e. The summed E-state index contributed by atoms with van der Waals surface area (Å²) in [4.78, 5) is 0.412. The Kier molecular flexibility index (Phi) is 4.06. The highest BCUT2D eigenvalue weighted by Crippen LogP contribution is 2.41. The van der Waals surface area contributed by atoms with Crippen LogP contribution in [0, 0.1) is 0 Å². The van der Waals surface area contributed by atoms with Crippen molar-refractivity contribution in [3.63, 3.8) is 0 Å². The smallest absolute Gasteiger partial charge is 0.252 e. The van der Waals surface area contributed by atoms with Crippen LogP contribution in [0.1, 0.15) is 0 Å². The van der Waals surface area contributed by atoms with Gasteiger partial charge in [0.15, 0.2) is 0 Å². The summed E-state index contributed by atoms with van der Waals surface area (Å²) >= 11 is 0. The lowest BCUT2D eigenvalue weighted by molar-refractivity contribution is -0.120. The Balaban J connectivity index is 2.19. The van der Waals surface area contributed by atoms with Crippen molar-refractivity contribution < 1.29 is 13.2 Å². The third-order valence-corrected chi connectivity index (χ3v) is 3.50. The van der Waals surface area contributed by atoms with Crippen molar-refractivity contribution in [2.45, 2.75) is 6.30 Å². The Morgan fingerprint density at radius 3 is 1.74 bits per heavy atom. The second-order valence-electron chi connectivity index (χ2n) is 5.02. The second-order valence-corrected chi connectivity index (χ2v) is 5.02. The van der Waals surface area contributed by atoms with Crippen LogP contribution in [0.3, 0.4) is 0 Å². The van der Waals surface area contributed by atoms with Crippen LogP contribution in [0.15, 0.2) is 84.9 Å². The number of anilines is 2. The van der Waals surface area contributed by atoms with Gasteiger partial charge in [-0.05, 0) is 23.8 Å². The molecule has 0 unspecified atom stereocenters. The summed E-state index contributed by atoms with van der Waals surface area (Å²) in [6.07, 6.45) is -4.52. The van der Waals surface area contributed by atoms with Gasteiger partial charge in [0, 0.05) is 11.3 Å². The minimum atomic E-state index is -4.52. The maximum atomic E-state index is 13.7. The fourth-order valence-electron chi connectivity index (χ4n) is 2.53. The third-order valence-electron chi connectivity index (χ3n) is 3.50. The number of halogens is 3. The number of hydrogen-bond acceptors (Lipinski definition) is 1. The van der Waals surface area contributed by atoms with Gasteiger partial charge < -0.3 is 0 Å². The lowest BCUT2D eigenvalue weighted by Gasteiger charge is -2.29. The fourth-order valence-corrected chi connectivity index (χ4v) is 2.53. The number of hydrogen-bond donors (Lipinski definition) is 0. The molecule has 4 heteroatoms. The normalized spacial score (nSPS) is 11.3. The molecule has 0 aliphatic carbocycles. The average Bonchev–Trinajstić information content (AvgIpc) is 2.56. The van der Waals surface area contributed by atoms with Crippen molar-refractivity contribution in [2.75, 3.05) is 4.90 Å². The van der Waals surface area contributed by atoms with Gasteiger partial charge in [-0.1, -0.05) is 66.7 Å². The number of benzene rings is 3. The van der Waals surface area contributed by atoms with Crippen molar-refractivity contribution in [1.29, 1.82) is 0 Å². The molecule has 0 atom stereocenters. The molecule has 3 aromatic carbocycles. The minimum Gasteiger partial charge on any atom is -0.252 e. The molecule has 0 radical (unpaired) electrons. The molecule has 116 valence electrons. The van der Waals surface area contributed by atoms with Crippen molar-refractivity contribution in [2.24, 2.45) is 0 Å². The van der Waals surface area contributed by atoms with E-state index in [0.29, 0.717) is 10.5 Å². The summed E-state index contributed by atoms with van der Waals surface area (Å²) in [5.41, 5.74) is 1.48. The maximum Gasteiger partial charge on any atom is 0.489 e. The SMILES string of the molecule is FC(F)(F)N(c1ccccc1)c1ccccc1-c1ccccc1. The van der Waals surface area contributed by atoms with E-state index < -0.39 is 6.30 Å². The molecular weight excluding hydrogens is 299 g/mol. The zero-order valence-electron chi connectivity index (χ0n) is 12.2. The summed E-state index contributed by atoms with van der Waals surface area (Å²) in [7, 11) is 0. The van der Waals surface area contributed by atoms with Gasteiger partial charge in [0.1, 0.15) is 0 Å².